The van der Waals surface area contributed by atoms with Crippen molar-refractivity contribution in [2.45, 2.75) is 51.7 Å². The van der Waals surface area contributed by atoms with Crippen LogP contribution in [0.2, 0.25) is 0 Å². The van der Waals surface area contributed by atoms with E-state index >= 15 is 0 Å². The Morgan fingerprint density at radius 3 is 3.16 bits per heavy atom. The van der Waals surface area contributed by atoms with Crippen molar-refractivity contribution in [3.8, 4) is 11.5 Å². The highest BCUT2D eigenvalue weighted by Gasteiger charge is 2.19. The first-order valence-electron chi connectivity index (χ1n) is 9.25. The first-order chi connectivity index (χ1) is 12.4. The Labute approximate surface area is 151 Å². The van der Waals surface area contributed by atoms with E-state index < -0.39 is 0 Å². The second-order valence-corrected chi connectivity index (χ2v) is 7.99. The van der Waals surface area contributed by atoms with Crippen molar-refractivity contribution in [1.82, 2.24) is 24.6 Å². The predicted molar refractivity (Wildman–Crippen MR) is 99.8 cm³/mol. The second-order valence-electron chi connectivity index (χ2n) is 7.02. The maximum Gasteiger partial charge on any atom is 0.160 e. The lowest BCUT2D eigenvalue weighted by atomic mass is 9.96. The van der Waals surface area contributed by atoms with Gasteiger partial charge in [0.15, 0.2) is 5.82 Å². The Morgan fingerprint density at radius 2 is 2.16 bits per heavy atom. The van der Waals surface area contributed by atoms with Gasteiger partial charge in [-0.2, -0.15) is 5.10 Å². The average molecular weight is 353 g/mol. The van der Waals surface area contributed by atoms with E-state index in [4.69, 9.17) is 5.10 Å². The third kappa shape index (κ3) is 2.83. The molecule has 0 radical (unpaired) electrons. The molecule has 1 N–H and O–H groups in total. The number of aromatic nitrogens is 4. The summed E-state index contributed by atoms with van der Waals surface area (Å²) in [5.74, 6) is 0.983. The van der Waals surface area contributed by atoms with Crippen LogP contribution in [0.15, 0.2) is 23.8 Å². The highest BCUT2D eigenvalue weighted by Crippen LogP contribution is 2.31. The summed E-state index contributed by atoms with van der Waals surface area (Å²) in [6, 6.07) is 2.19. The van der Waals surface area contributed by atoms with Gasteiger partial charge < -0.3 is 9.88 Å². The van der Waals surface area contributed by atoms with Crippen LogP contribution in [0, 0.1) is 0 Å². The summed E-state index contributed by atoms with van der Waals surface area (Å²) < 4.78 is 4.40. The standard InChI is InChI=1S/C19H23N5S/c1-2-5-18-16(4-1)14(13-25-18)12-23-9-7-21-19(23)17-10-15-11-20-6-3-8-24(15)22-17/h7,9-10,13,20H,1-6,8,11-12H2. The smallest absolute Gasteiger partial charge is 0.160 e. The number of fused-ring (bicyclic) bond motifs is 2. The van der Waals surface area contributed by atoms with Gasteiger partial charge in [0.05, 0.1) is 12.2 Å². The van der Waals surface area contributed by atoms with Crippen LogP contribution in [0.5, 0.6) is 0 Å². The van der Waals surface area contributed by atoms with Crippen LogP contribution in [-0.4, -0.2) is 25.9 Å². The second kappa shape index (κ2) is 6.42. The molecule has 0 spiro atoms. The Bertz CT molecular complexity index is 864. The third-order valence-corrected chi connectivity index (χ3v) is 6.46. The summed E-state index contributed by atoms with van der Waals surface area (Å²) in [6.07, 6.45) is 10.3. The molecule has 0 aromatic carbocycles. The molecule has 0 bridgehead atoms. The quantitative estimate of drug-likeness (QED) is 0.786. The van der Waals surface area contributed by atoms with Crippen LogP contribution in [0.3, 0.4) is 0 Å². The fourth-order valence-electron chi connectivity index (χ4n) is 4.02. The lowest BCUT2D eigenvalue weighted by Gasteiger charge is -2.13. The van der Waals surface area contributed by atoms with Crippen LogP contribution < -0.4 is 5.32 Å². The maximum absolute atomic E-state index is 4.83. The minimum Gasteiger partial charge on any atom is -0.325 e. The summed E-state index contributed by atoms with van der Waals surface area (Å²) in [4.78, 5) is 6.22. The van der Waals surface area contributed by atoms with E-state index in [1.54, 1.807) is 10.4 Å². The summed E-state index contributed by atoms with van der Waals surface area (Å²) >= 11 is 1.94. The molecule has 0 atom stereocenters. The topological polar surface area (TPSA) is 47.7 Å². The number of rotatable bonds is 3. The molecule has 4 heterocycles. The third-order valence-electron chi connectivity index (χ3n) is 5.33. The van der Waals surface area contributed by atoms with Gasteiger partial charge >= 0.3 is 0 Å². The average Bonchev–Trinajstić information content (AvgIpc) is 3.32. The van der Waals surface area contributed by atoms with Gasteiger partial charge in [0.2, 0.25) is 0 Å². The molecule has 0 fully saturated rings. The molecule has 5 rings (SSSR count). The van der Waals surface area contributed by atoms with Gasteiger partial charge in [-0.1, -0.05) is 0 Å². The zero-order chi connectivity index (χ0) is 16.6. The van der Waals surface area contributed by atoms with Gasteiger partial charge in [-0.3, -0.25) is 4.68 Å². The molecular weight excluding hydrogens is 330 g/mol. The SMILES string of the molecule is c1cn(Cc2csc3c2CCCC3)c(-c2cc3n(n2)CCCNC3)n1. The van der Waals surface area contributed by atoms with Crippen LogP contribution in [0.4, 0.5) is 0 Å². The summed E-state index contributed by atoms with van der Waals surface area (Å²) in [7, 11) is 0. The molecule has 1 aliphatic carbocycles. The fourth-order valence-corrected chi connectivity index (χ4v) is 5.16. The molecule has 130 valence electrons. The number of hydrogen-bond donors (Lipinski definition) is 1. The fraction of sp³-hybridized carbons (Fsp3) is 0.474. The van der Waals surface area contributed by atoms with Gasteiger partial charge in [0.25, 0.3) is 0 Å². The van der Waals surface area contributed by atoms with Crippen molar-refractivity contribution in [2.24, 2.45) is 0 Å². The predicted octanol–water partition coefficient (Wildman–Crippen LogP) is 3.23. The first kappa shape index (κ1) is 15.3. The van der Waals surface area contributed by atoms with E-state index in [0.29, 0.717) is 0 Å². The van der Waals surface area contributed by atoms with Crippen LogP contribution in [0.1, 0.15) is 41.0 Å². The van der Waals surface area contributed by atoms with Crippen LogP contribution in [0.25, 0.3) is 11.5 Å². The zero-order valence-corrected chi connectivity index (χ0v) is 15.2. The minimum absolute atomic E-state index is 0.895. The number of nitrogens with zero attached hydrogens (tertiary/aromatic N) is 4. The highest BCUT2D eigenvalue weighted by atomic mass is 32.1. The molecule has 3 aromatic heterocycles. The van der Waals surface area contributed by atoms with Gasteiger partial charge in [0.1, 0.15) is 5.69 Å². The molecule has 0 saturated carbocycles. The number of thiophene rings is 1. The Morgan fingerprint density at radius 1 is 1.20 bits per heavy atom. The first-order valence-corrected chi connectivity index (χ1v) is 10.1. The maximum atomic E-state index is 4.83. The van der Waals surface area contributed by atoms with E-state index in [1.165, 1.54) is 36.9 Å². The molecule has 0 amide bonds. The number of nitrogens with one attached hydrogen (secondary N) is 1. The van der Waals surface area contributed by atoms with Crippen molar-refractivity contribution in [1.29, 1.82) is 0 Å². The molecule has 2 aliphatic rings. The Hall–Kier alpha value is -1.92. The normalized spacial score (nSPS) is 17.1. The van der Waals surface area contributed by atoms with Crippen molar-refractivity contribution in [3.05, 3.63) is 45.5 Å². The van der Waals surface area contributed by atoms with Crippen molar-refractivity contribution in [2.75, 3.05) is 6.54 Å². The molecule has 3 aromatic rings. The van der Waals surface area contributed by atoms with E-state index in [2.05, 4.69) is 37.2 Å². The molecule has 1 aliphatic heterocycles. The van der Waals surface area contributed by atoms with Crippen LogP contribution >= 0.6 is 11.3 Å². The van der Waals surface area contributed by atoms with Crippen LogP contribution in [-0.2, 0) is 32.5 Å². The number of imidazole rings is 1. The molecule has 6 heteroatoms. The summed E-state index contributed by atoms with van der Waals surface area (Å²) in [5.41, 5.74) is 5.32. The molecule has 5 nitrogen and oxygen atoms in total. The highest BCUT2D eigenvalue weighted by molar-refractivity contribution is 7.10. The lowest BCUT2D eigenvalue weighted by Crippen LogP contribution is -2.11. The summed E-state index contributed by atoms with van der Waals surface area (Å²) in [6.45, 7) is 3.85. The van der Waals surface area contributed by atoms with E-state index in [9.17, 15) is 0 Å². The van der Waals surface area contributed by atoms with E-state index in [-0.39, 0.29) is 0 Å². The summed E-state index contributed by atoms with van der Waals surface area (Å²) in [5, 5.41) is 10.6. The van der Waals surface area contributed by atoms with Gasteiger partial charge in [-0.15, -0.1) is 11.3 Å². The zero-order valence-electron chi connectivity index (χ0n) is 14.4. The molecular formula is C19H23N5S. The van der Waals surface area contributed by atoms with Gasteiger partial charge in [-0.25, -0.2) is 4.98 Å². The van der Waals surface area contributed by atoms with Crippen molar-refractivity contribution >= 4 is 11.3 Å². The lowest BCUT2D eigenvalue weighted by molar-refractivity contribution is 0.587. The van der Waals surface area contributed by atoms with Gasteiger partial charge in [-0.05, 0) is 61.2 Å². The van der Waals surface area contributed by atoms with E-state index in [0.717, 1.165) is 44.1 Å². The molecule has 0 unspecified atom stereocenters. The van der Waals surface area contributed by atoms with Gasteiger partial charge in [0, 0.05) is 30.4 Å². The number of aryl methyl sites for hydroxylation is 2. The van der Waals surface area contributed by atoms with Crippen molar-refractivity contribution in [3.63, 3.8) is 0 Å². The Balaban J connectivity index is 1.45. The molecule has 25 heavy (non-hydrogen) atoms. The van der Waals surface area contributed by atoms with E-state index in [1.807, 2.05) is 17.5 Å². The molecule has 0 saturated heterocycles. The monoisotopic (exact) mass is 353 g/mol. The number of hydrogen-bond acceptors (Lipinski definition) is 4. The van der Waals surface area contributed by atoms with Crippen molar-refractivity contribution < 1.29 is 0 Å². The Kier molecular flexibility index (Phi) is 3.94. The largest absolute Gasteiger partial charge is 0.325 e. The minimum atomic E-state index is 0.895.